The number of fused-ring (bicyclic) bond motifs is 1. The SMILES string of the molecule is CCn1nc(CNC(=O)C2CCN(C(=O)C3CCC3)CC2)c2ccccc21. The molecular weight excluding hydrogens is 340 g/mol. The number of likely N-dealkylation sites (tertiary alicyclic amines) is 1. The van der Waals surface area contributed by atoms with E-state index >= 15 is 0 Å². The highest BCUT2D eigenvalue weighted by atomic mass is 16.2. The Morgan fingerprint density at radius 3 is 2.52 bits per heavy atom. The van der Waals surface area contributed by atoms with E-state index in [1.807, 2.05) is 21.7 Å². The molecule has 0 atom stereocenters. The minimum absolute atomic E-state index is 0.00466. The molecule has 2 aromatic rings. The number of carbonyl (C=O) groups excluding carboxylic acids is 2. The molecule has 0 unspecified atom stereocenters. The molecule has 2 aliphatic rings. The Morgan fingerprint density at radius 1 is 1.11 bits per heavy atom. The molecule has 1 aliphatic carbocycles. The quantitative estimate of drug-likeness (QED) is 0.882. The molecule has 4 rings (SSSR count). The first-order valence-electron chi connectivity index (χ1n) is 10.2. The van der Waals surface area contributed by atoms with Crippen LogP contribution in [0.5, 0.6) is 0 Å². The number of hydrogen-bond acceptors (Lipinski definition) is 3. The van der Waals surface area contributed by atoms with Crippen molar-refractivity contribution in [1.82, 2.24) is 20.0 Å². The molecule has 144 valence electrons. The summed E-state index contributed by atoms with van der Waals surface area (Å²) in [5, 5.41) is 8.81. The van der Waals surface area contributed by atoms with E-state index in [4.69, 9.17) is 0 Å². The van der Waals surface area contributed by atoms with Gasteiger partial charge >= 0.3 is 0 Å². The van der Waals surface area contributed by atoms with Gasteiger partial charge in [-0.1, -0.05) is 24.6 Å². The highest BCUT2D eigenvalue weighted by molar-refractivity contribution is 5.84. The number of piperidine rings is 1. The molecule has 1 aromatic heterocycles. The van der Waals surface area contributed by atoms with Crippen molar-refractivity contribution in [1.29, 1.82) is 0 Å². The number of aryl methyl sites for hydroxylation is 1. The first-order chi connectivity index (χ1) is 13.2. The van der Waals surface area contributed by atoms with Crippen molar-refractivity contribution in [2.75, 3.05) is 13.1 Å². The first-order valence-corrected chi connectivity index (χ1v) is 10.2. The molecule has 1 aromatic carbocycles. The summed E-state index contributed by atoms with van der Waals surface area (Å²) in [5.74, 6) is 0.629. The van der Waals surface area contributed by atoms with Crippen molar-refractivity contribution in [3.8, 4) is 0 Å². The Kier molecular flexibility index (Phi) is 5.14. The fourth-order valence-electron chi connectivity index (χ4n) is 4.16. The summed E-state index contributed by atoms with van der Waals surface area (Å²) >= 11 is 0. The number of nitrogens with zero attached hydrogens (tertiary/aromatic N) is 3. The fraction of sp³-hybridized carbons (Fsp3) is 0.571. The smallest absolute Gasteiger partial charge is 0.225 e. The van der Waals surface area contributed by atoms with Crippen LogP contribution in [0.4, 0.5) is 0 Å². The first kappa shape index (κ1) is 18.0. The zero-order valence-corrected chi connectivity index (χ0v) is 16.0. The highest BCUT2D eigenvalue weighted by Gasteiger charge is 2.33. The van der Waals surface area contributed by atoms with Gasteiger partial charge in [0.25, 0.3) is 0 Å². The molecule has 0 radical (unpaired) electrons. The standard InChI is InChI=1S/C21H28N4O2/c1-2-25-19-9-4-3-8-17(19)18(23-25)14-22-20(26)15-10-12-24(13-11-15)21(27)16-6-5-7-16/h3-4,8-9,15-16H,2,5-7,10-14H2,1H3,(H,22,26). The van der Waals surface area contributed by atoms with Crippen molar-refractivity contribution < 1.29 is 9.59 Å². The van der Waals surface area contributed by atoms with Crippen molar-refractivity contribution in [3.05, 3.63) is 30.0 Å². The summed E-state index contributed by atoms with van der Waals surface area (Å²) in [6.07, 6.45) is 4.77. The molecule has 6 nitrogen and oxygen atoms in total. The average molecular weight is 368 g/mol. The van der Waals surface area contributed by atoms with Gasteiger partial charge in [-0.05, 0) is 38.7 Å². The maximum Gasteiger partial charge on any atom is 0.225 e. The molecule has 2 fully saturated rings. The lowest BCUT2D eigenvalue weighted by molar-refractivity contribution is -0.141. The Morgan fingerprint density at radius 2 is 1.85 bits per heavy atom. The Bertz CT molecular complexity index is 832. The normalized spacial score (nSPS) is 18.5. The van der Waals surface area contributed by atoms with E-state index in [-0.39, 0.29) is 17.7 Å². The van der Waals surface area contributed by atoms with Gasteiger partial charge in [-0.2, -0.15) is 5.10 Å². The monoisotopic (exact) mass is 368 g/mol. The molecule has 0 spiro atoms. The lowest BCUT2D eigenvalue weighted by atomic mass is 9.83. The molecule has 6 heteroatoms. The third kappa shape index (κ3) is 3.57. The number of aromatic nitrogens is 2. The zero-order chi connectivity index (χ0) is 18.8. The summed E-state index contributed by atoms with van der Waals surface area (Å²) in [6, 6.07) is 8.13. The van der Waals surface area contributed by atoms with Crippen molar-refractivity contribution in [2.24, 2.45) is 11.8 Å². The predicted octanol–water partition coefficient (Wildman–Crippen LogP) is 2.71. The Labute approximate surface area is 159 Å². The number of para-hydroxylation sites is 1. The van der Waals surface area contributed by atoms with E-state index in [0.717, 1.165) is 48.8 Å². The van der Waals surface area contributed by atoms with E-state index in [1.165, 1.54) is 6.42 Å². The number of carbonyl (C=O) groups is 2. The van der Waals surface area contributed by atoms with Crippen LogP contribution in [0.25, 0.3) is 10.9 Å². The number of hydrogen-bond donors (Lipinski definition) is 1. The molecule has 1 N–H and O–H groups in total. The van der Waals surface area contributed by atoms with Crippen LogP contribution in [-0.2, 0) is 22.7 Å². The van der Waals surface area contributed by atoms with E-state index in [1.54, 1.807) is 0 Å². The Balaban J connectivity index is 1.32. The lowest BCUT2D eigenvalue weighted by Crippen LogP contribution is -2.46. The average Bonchev–Trinajstić information content (AvgIpc) is 3.03. The van der Waals surface area contributed by atoms with Crippen LogP contribution < -0.4 is 5.32 Å². The van der Waals surface area contributed by atoms with Crippen LogP contribution >= 0.6 is 0 Å². The summed E-state index contributed by atoms with van der Waals surface area (Å²) in [4.78, 5) is 26.9. The topological polar surface area (TPSA) is 67.2 Å². The molecule has 27 heavy (non-hydrogen) atoms. The van der Waals surface area contributed by atoms with Crippen LogP contribution in [0, 0.1) is 11.8 Å². The summed E-state index contributed by atoms with van der Waals surface area (Å²) in [7, 11) is 0. The summed E-state index contributed by atoms with van der Waals surface area (Å²) < 4.78 is 1.97. The molecule has 1 saturated heterocycles. The van der Waals surface area contributed by atoms with Crippen LogP contribution in [0.2, 0.25) is 0 Å². The van der Waals surface area contributed by atoms with Gasteiger partial charge < -0.3 is 10.2 Å². The van der Waals surface area contributed by atoms with E-state index < -0.39 is 0 Å². The predicted molar refractivity (Wildman–Crippen MR) is 104 cm³/mol. The van der Waals surface area contributed by atoms with Gasteiger partial charge in [0.2, 0.25) is 11.8 Å². The summed E-state index contributed by atoms with van der Waals surface area (Å²) in [5.41, 5.74) is 2.02. The third-order valence-corrected chi connectivity index (χ3v) is 6.10. The third-order valence-electron chi connectivity index (χ3n) is 6.10. The fourth-order valence-corrected chi connectivity index (χ4v) is 4.16. The van der Waals surface area contributed by atoms with Crippen molar-refractivity contribution in [2.45, 2.75) is 52.1 Å². The van der Waals surface area contributed by atoms with Crippen LogP contribution in [0.15, 0.2) is 24.3 Å². The molecule has 2 amide bonds. The van der Waals surface area contributed by atoms with Gasteiger partial charge in [-0.25, -0.2) is 0 Å². The second-order valence-corrected chi connectivity index (χ2v) is 7.72. The minimum Gasteiger partial charge on any atom is -0.350 e. The largest absolute Gasteiger partial charge is 0.350 e. The minimum atomic E-state index is -0.00466. The van der Waals surface area contributed by atoms with Gasteiger partial charge in [0, 0.05) is 36.9 Å². The van der Waals surface area contributed by atoms with Gasteiger partial charge in [0.05, 0.1) is 17.8 Å². The molecule has 1 aliphatic heterocycles. The van der Waals surface area contributed by atoms with Gasteiger partial charge in [-0.15, -0.1) is 0 Å². The van der Waals surface area contributed by atoms with Crippen molar-refractivity contribution >= 4 is 22.7 Å². The molecule has 0 bridgehead atoms. The second-order valence-electron chi connectivity index (χ2n) is 7.72. The summed E-state index contributed by atoms with van der Waals surface area (Å²) in [6.45, 7) is 4.75. The molecule has 1 saturated carbocycles. The Hall–Kier alpha value is -2.37. The maximum atomic E-state index is 12.6. The zero-order valence-electron chi connectivity index (χ0n) is 16.0. The number of nitrogens with one attached hydrogen (secondary N) is 1. The van der Waals surface area contributed by atoms with E-state index in [9.17, 15) is 9.59 Å². The van der Waals surface area contributed by atoms with Crippen molar-refractivity contribution in [3.63, 3.8) is 0 Å². The molecular formula is C21H28N4O2. The van der Waals surface area contributed by atoms with Crippen LogP contribution in [0.3, 0.4) is 0 Å². The number of benzene rings is 1. The highest BCUT2D eigenvalue weighted by Crippen LogP contribution is 2.30. The van der Waals surface area contributed by atoms with Gasteiger partial charge in [0.1, 0.15) is 0 Å². The number of rotatable bonds is 5. The van der Waals surface area contributed by atoms with Gasteiger partial charge in [-0.3, -0.25) is 14.3 Å². The molecule has 2 heterocycles. The maximum absolute atomic E-state index is 12.6. The van der Waals surface area contributed by atoms with E-state index in [2.05, 4.69) is 29.5 Å². The van der Waals surface area contributed by atoms with Gasteiger partial charge in [0.15, 0.2) is 0 Å². The lowest BCUT2D eigenvalue weighted by Gasteiger charge is -2.36. The van der Waals surface area contributed by atoms with Crippen LogP contribution in [-0.4, -0.2) is 39.6 Å². The number of amides is 2. The second kappa shape index (κ2) is 7.71. The van der Waals surface area contributed by atoms with Crippen LogP contribution in [0.1, 0.15) is 44.7 Å². The van der Waals surface area contributed by atoms with E-state index in [0.29, 0.717) is 25.5 Å².